The molecule has 5 heteroatoms. The molecule has 0 saturated carbocycles. The number of Topliss-reactive ketones (excluding diaryl/α,β-unsaturated/α-hetero) is 1. The van der Waals surface area contributed by atoms with Crippen LogP contribution in [0, 0.1) is 0 Å². The largest absolute Gasteiger partial charge is 0.496 e. The zero-order valence-electron chi connectivity index (χ0n) is 8.31. The molecular weight excluding hydrogens is 216 g/mol. The fourth-order valence-corrected chi connectivity index (χ4v) is 1.91. The first-order valence-electron chi connectivity index (χ1n) is 4.10. The molecule has 4 nitrogen and oxygen atoms in total. The first-order valence-corrected chi connectivity index (χ1v) is 5.33. The molecule has 1 aromatic rings. The fourth-order valence-electron chi connectivity index (χ4n) is 1.18. The van der Waals surface area contributed by atoms with Gasteiger partial charge in [-0.2, -0.15) is 0 Å². The Kier molecular flexibility index (Phi) is 3.74. The quantitative estimate of drug-likeness (QED) is 0.481. The van der Waals surface area contributed by atoms with E-state index >= 15 is 0 Å². The van der Waals surface area contributed by atoms with E-state index in [0.29, 0.717) is 10.6 Å². The van der Waals surface area contributed by atoms with Crippen molar-refractivity contribution in [2.45, 2.75) is 4.90 Å². The molecule has 0 saturated heterocycles. The third-order valence-electron chi connectivity index (χ3n) is 1.84. The highest BCUT2D eigenvalue weighted by Crippen LogP contribution is 2.31. The zero-order chi connectivity index (χ0) is 11.4. The van der Waals surface area contributed by atoms with Crippen LogP contribution in [0.4, 0.5) is 0 Å². The Labute approximate surface area is 91.2 Å². The van der Waals surface area contributed by atoms with Crippen LogP contribution < -0.4 is 4.74 Å². The molecule has 80 valence electrons. The average Bonchev–Trinajstić information content (AvgIpc) is 2.26. The topological polar surface area (TPSA) is 63.6 Å². The second-order valence-corrected chi connectivity index (χ2v) is 3.49. The van der Waals surface area contributed by atoms with Crippen LogP contribution in [0.5, 0.6) is 5.75 Å². The fraction of sp³-hybridized carbons (Fsp3) is 0.200. The van der Waals surface area contributed by atoms with Gasteiger partial charge in [0.25, 0.3) is 5.78 Å². The lowest BCUT2D eigenvalue weighted by atomic mass is 10.1. The van der Waals surface area contributed by atoms with Crippen molar-refractivity contribution < 1.29 is 19.4 Å². The summed E-state index contributed by atoms with van der Waals surface area (Å²) in [7, 11) is 1.48. The number of thioether (sulfide) groups is 1. The number of hydrogen-bond acceptors (Lipinski definition) is 4. The van der Waals surface area contributed by atoms with E-state index in [0.717, 1.165) is 0 Å². The minimum absolute atomic E-state index is 0.161. The number of hydrogen-bond donors (Lipinski definition) is 1. The van der Waals surface area contributed by atoms with Crippen molar-refractivity contribution in [3.8, 4) is 5.75 Å². The van der Waals surface area contributed by atoms with Gasteiger partial charge in [-0.05, 0) is 18.4 Å². The number of rotatable bonds is 4. The van der Waals surface area contributed by atoms with Gasteiger partial charge in [0, 0.05) is 5.56 Å². The van der Waals surface area contributed by atoms with Gasteiger partial charge in [-0.1, -0.05) is 6.07 Å². The van der Waals surface area contributed by atoms with E-state index in [1.54, 1.807) is 18.4 Å². The Balaban J connectivity index is 3.29. The van der Waals surface area contributed by atoms with Crippen LogP contribution in [0.2, 0.25) is 0 Å². The number of methoxy groups -OCH3 is 1. The Morgan fingerprint density at radius 3 is 2.53 bits per heavy atom. The highest BCUT2D eigenvalue weighted by molar-refractivity contribution is 7.98. The summed E-state index contributed by atoms with van der Waals surface area (Å²) in [5, 5.41) is 8.62. The summed E-state index contributed by atoms with van der Waals surface area (Å²) in [6.07, 6.45) is 1.76. The van der Waals surface area contributed by atoms with Gasteiger partial charge in [0.2, 0.25) is 0 Å². The average molecular weight is 226 g/mol. The second kappa shape index (κ2) is 4.84. The molecule has 0 aliphatic rings. The van der Waals surface area contributed by atoms with Crippen LogP contribution in [-0.2, 0) is 4.79 Å². The van der Waals surface area contributed by atoms with Crippen molar-refractivity contribution in [1.29, 1.82) is 0 Å². The van der Waals surface area contributed by atoms with Crippen molar-refractivity contribution in [2.75, 3.05) is 13.4 Å². The van der Waals surface area contributed by atoms with Gasteiger partial charge in [0.1, 0.15) is 5.75 Å². The number of benzene rings is 1. The molecule has 0 spiro atoms. The lowest BCUT2D eigenvalue weighted by Crippen LogP contribution is -2.13. The molecule has 0 radical (unpaired) electrons. The standard InChI is InChI=1S/C10H10O4S/c1-14-7-5-3-4-6(9(7)15-2)8(11)10(12)13/h3-5H,1-2H3,(H,12,13). The summed E-state index contributed by atoms with van der Waals surface area (Å²) >= 11 is 1.28. The van der Waals surface area contributed by atoms with Gasteiger partial charge in [-0.3, -0.25) is 4.79 Å². The third kappa shape index (κ3) is 2.30. The van der Waals surface area contributed by atoms with Crippen LogP contribution in [-0.4, -0.2) is 30.2 Å². The number of aliphatic carboxylic acids is 1. The number of carboxylic acids is 1. The van der Waals surface area contributed by atoms with E-state index in [9.17, 15) is 9.59 Å². The highest BCUT2D eigenvalue weighted by atomic mass is 32.2. The lowest BCUT2D eigenvalue weighted by molar-refractivity contribution is -0.131. The van der Waals surface area contributed by atoms with Crippen LogP contribution in [0.1, 0.15) is 10.4 Å². The summed E-state index contributed by atoms with van der Waals surface area (Å²) in [5.74, 6) is -1.87. The van der Waals surface area contributed by atoms with Gasteiger partial charge < -0.3 is 9.84 Å². The molecule has 1 N–H and O–H groups in total. The smallest absolute Gasteiger partial charge is 0.377 e. The van der Waals surface area contributed by atoms with Gasteiger partial charge in [0.05, 0.1) is 12.0 Å². The summed E-state index contributed by atoms with van der Waals surface area (Å²) in [6.45, 7) is 0. The third-order valence-corrected chi connectivity index (χ3v) is 2.67. The van der Waals surface area contributed by atoms with Gasteiger partial charge >= 0.3 is 5.97 Å². The first kappa shape index (κ1) is 11.6. The molecule has 1 rings (SSSR count). The SMILES string of the molecule is COc1cccc(C(=O)C(=O)O)c1SC. The molecule has 0 fully saturated rings. The van der Waals surface area contributed by atoms with E-state index in [1.807, 2.05) is 0 Å². The first-order chi connectivity index (χ1) is 7.11. The highest BCUT2D eigenvalue weighted by Gasteiger charge is 2.20. The van der Waals surface area contributed by atoms with Crippen LogP contribution in [0.25, 0.3) is 0 Å². The maximum Gasteiger partial charge on any atom is 0.377 e. The van der Waals surface area contributed by atoms with E-state index in [1.165, 1.54) is 24.9 Å². The Morgan fingerprint density at radius 1 is 1.40 bits per heavy atom. The normalized spacial score (nSPS) is 9.73. The van der Waals surface area contributed by atoms with Crippen LogP contribution in [0.15, 0.2) is 23.1 Å². The molecular formula is C10H10O4S. The number of ether oxygens (including phenoxy) is 1. The predicted molar refractivity (Wildman–Crippen MR) is 56.7 cm³/mol. The summed E-state index contributed by atoms with van der Waals surface area (Å²) < 4.78 is 5.04. The molecule has 0 unspecified atom stereocenters. The molecule has 0 bridgehead atoms. The monoisotopic (exact) mass is 226 g/mol. The Hall–Kier alpha value is -1.49. The van der Waals surface area contributed by atoms with Crippen molar-refractivity contribution in [3.05, 3.63) is 23.8 Å². The van der Waals surface area contributed by atoms with Crippen LogP contribution in [0.3, 0.4) is 0 Å². The molecule has 0 heterocycles. The van der Waals surface area contributed by atoms with Gasteiger partial charge in [0.15, 0.2) is 0 Å². The summed E-state index contributed by atoms with van der Waals surface area (Å²) in [4.78, 5) is 22.4. The molecule has 0 aliphatic heterocycles. The van der Waals surface area contributed by atoms with Crippen LogP contribution >= 0.6 is 11.8 Å². The molecule has 0 atom stereocenters. The maximum absolute atomic E-state index is 11.3. The van der Waals surface area contributed by atoms with Gasteiger partial charge in [-0.25, -0.2) is 4.79 Å². The number of ketones is 1. The second-order valence-electron chi connectivity index (χ2n) is 2.68. The van der Waals surface area contributed by atoms with E-state index in [4.69, 9.17) is 9.84 Å². The lowest BCUT2D eigenvalue weighted by Gasteiger charge is -2.09. The van der Waals surface area contributed by atoms with E-state index < -0.39 is 11.8 Å². The molecule has 0 amide bonds. The number of carbonyl (C=O) groups is 2. The van der Waals surface area contributed by atoms with Crippen molar-refractivity contribution in [1.82, 2.24) is 0 Å². The van der Waals surface area contributed by atoms with E-state index in [2.05, 4.69) is 0 Å². The Bertz CT molecular complexity index is 400. The van der Waals surface area contributed by atoms with Crippen molar-refractivity contribution >= 4 is 23.5 Å². The van der Waals surface area contributed by atoms with Crippen molar-refractivity contribution in [2.24, 2.45) is 0 Å². The predicted octanol–water partition coefficient (Wildman–Crippen LogP) is 1.68. The molecule has 0 aromatic heterocycles. The van der Waals surface area contributed by atoms with E-state index in [-0.39, 0.29) is 5.56 Å². The molecule has 15 heavy (non-hydrogen) atoms. The number of carbonyl (C=O) groups excluding carboxylic acids is 1. The van der Waals surface area contributed by atoms with Gasteiger partial charge in [-0.15, -0.1) is 11.8 Å². The zero-order valence-corrected chi connectivity index (χ0v) is 9.13. The molecule has 1 aromatic carbocycles. The maximum atomic E-state index is 11.3. The summed E-state index contributed by atoms with van der Waals surface area (Å²) in [5.41, 5.74) is 0.161. The minimum Gasteiger partial charge on any atom is -0.496 e. The molecule has 0 aliphatic carbocycles. The minimum atomic E-state index is -1.46. The van der Waals surface area contributed by atoms with Crippen molar-refractivity contribution in [3.63, 3.8) is 0 Å². The summed E-state index contributed by atoms with van der Waals surface area (Å²) in [6, 6.07) is 4.75. The number of carboxylic acid groups (broad SMARTS) is 1. The Morgan fingerprint density at radius 2 is 2.07 bits per heavy atom.